The van der Waals surface area contributed by atoms with Crippen molar-refractivity contribution in [2.45, 2.75) is 38.5 Å². The Balaban J connectivity index is 1.86. The van der Waals surface area contributed by atoms with Gasteiger partial charge < -0.3 is 4.74 Å². The Kier molecular flexibility index (Phi) is 7.11. The molecule has 1 aromatic heterocycles. The molecule has 2 N–H and O–H groups in total. The number of hydrogen-bond acceptors (Lipinski definition) is 6. The van der Waals surface area contributed by atoms with E-state index in [0.29, 0.717) is 17.9 Å². The molecule has 7 nitrogen and oxygen atoms in total. The average molecular weight is 411 g/mol. The van der Waals surface area contributed by atoms with Crippen LogP contribution in [0.25, 0.3) is 0 Å². The van der Waals surface area contributed by atoms with E-state index in [1.54, 1.807) is 6.07 Å². The maximum absolute atomic E-state index is 12.2. The number of nitrogens with one attached hydrogen (secondary N) is 2. The van der Waals surface area contributed by atoms with E-state index in [2.05, 4.69) is 5.43 Å². The molecule has 1 heterocycles. The molecule has 2 aromatic rings. The Morgan fingerprint density at radius 2 is 1.78 bits per heavy atom. The summed E-state index contributed by atoms with van der Waals surface area (Å²) in [6.45, 7) is 6.07. The van der Waals surface area contributed by atoms with Crippen LogP contribution >= 0.6 is 11.3 Å². The molecule has 0 bridgehead atoms. The maximum atomic E-state index is 12.2. The third-order valence-corrected chi connectivity index (χ3v) is 5.92. The van der Waals surface area contributed by atoms with Crippen LogP contribution in [0.1, 0.15) is 39.9 Å². The minimum atomic E-state index is -3.90. The van der Waals surface area contributed by atoms with Crippen LogP contribution in [-0.4, -0.2) is 26.7 Å². The fourth-order valence-electron chi connectivity index (χ4n) is 2.40. The van der Waals surface area contributed by atoms with Gasteiger partial charge in [-0.15, -0.1) is 16.2 Å². The highest BCUT2D eigenvalue weighted by atomic mass is 32.2. The zero-order valence-corrected chi connectivity index (χ0v) is 17.0. The number of hydrogen-bond donors (Lipinski definition) is 2. The van der Waals surface area contributed by atoms with Crippen LogP contribution in [0.2, 0.25) is 0 Å². The summed E-state index contributed by atoms with van der Waals surface area (Å²) in [4.78, 5) is 28.0. The maximum Gasteiger partial charge on any atom is 0.257 e. The topological polar surface area (TPSA) is 102 Å². The molecule has 2 rings (SSSR count). The molecule has 0 radical (unpaired) electrons. The van der Waals surface area contributed by atoms with E-state index >= 15 is 0 Å². The summed E-state index contributed by atoms with van der Waals surface area (Å²) in [5.41, 5.74) is 2.74. The average Bonchev–Trinajstić information content (AvgIpc) is 2.97. The molecule has 0 atom stereocenters. The SMILES string of the molecule is CCOc1ccc(S(=O)(=O)NNC(=O)CCC(=O)c2cc(C)sc2C)cc1. The summed E-state index contributed by atoms with van der Waals surface area (Å²) in [7, 11) is -3.90. The van der Waals surface area contributed by atoms with Crippen molar-refractivity contribution in [1.82, 2.24) is 10.3 Å². The van der Waals surface area contributed by atoms with E-state index in [1.165, 1.54) is 35.6 Å². The number of amides is 1. The molecule has 9 heteroatoms. The molecule has 0 aliphatic carbocycles. The van der Waals surface area contributed by atoms with Crippen molar-refractivity contribution >= 4 is 33.1 Å². The summed E-state index contributed by atoms with van der Waals surface area (Å²) >= 11 is 1.53. The first kappa shape index (κ1) is 21.1. The molecule has 0 aliphatic heterocycles. The molecule has 1 aromatic carbocycles. The second kappa shape index (κ2) is 9.12. The van der Waals surface area contributed by atoms with Gasteiger partial charge in [-0.25, -0.2) is 8.42 Å². The van der Waals surface area contributed by atoms with Gasteiger partial charge in [-0.05, 0) is 51.1 Å². The summed E-state index contributed by atoms with van der Waals surface area (Å²) in [6, 6.07) is 7.62. The van der Waals surface area contributed by atoms with Crippen LogP contribution < -0.4 is 15.0 Å². The lowest BCUT2D eigenvalue weighted by Crippen LogP contribution is -2.41. The van der Waals surface area contributed by atoms with Crippen molar-refractivity contribution < 1.29 is 22.7 Å². The number of carbonyl (C=O) groups is 2. The van der Waals surface area contributed by atoms with E-state index in [0.717, 1.165) is 9.75 Å². The molecule has 0 spiro atoms. The summed E-state index contributed by atoms with van der Waals surface area (Å²) in [5, 5.41) is 0. The minimum absolute atomic E-state index is 0.00757. The van der Waals surface area contributed by atoms with Crippen molar-refractivity contribution in [2.24, 2.45) is 0 Å². The number of ether oxygens (including phenoxy) is 1. The van der Waals surface area contributed by atoms with Crippen molar-refractivity contribution in [2.75, 3.05) is 6.61 Å². The van der Waals surface area contributed by atoms with E-state index in [9.17, 15) is 18.0 Å². The van der Waals surface area contributed by atoms with Crippen LogP contribution in [-0.2, 0) is 14.8 Å². The highest BCUT2D eigenvalue weighted by molar-refractivity contribution is 7.89. The van der Waals surface area contributed by atoms with Crippen molar-refractivity contribution in [3.8, 4) is 5.75 Å². The third-order valence-electron chi connectivity index (χ3n) is 3.69. The number of rotatable bonds is 9. The fraction of sp³-hybridized carbons (Fsp3) is 0.333. The van der Waals surface area contributed by atoms with E-state index < -0.39 is 15.9 Å². The Bertz CT molecular complexity index is 918. The molecule has 0 unspecified atom stereocenters. The molecular formula is C18H22N2O5S2. The van der Waals surface area contributed by atoms with E-state index in [1.807, 2.05) is 25.6 Å². The van der Waals surface area contributed by atoms with Crippen LogP contribution in [0.4, 0.5) is 0 Å². The first-order chi connectivity index (χ1) is 12.7. The lowest BCUT2D eigenvalue weighted by atomic mass is 10.1. The number of aryl methyl sites for hydroxylation is 2. The number of hydrazine groups is 1. The Morgan fingerprint density at radius 3 is 2.33 bits per heavy atom. The van der Waals surface area contributed by atoms with Gasteiger partial charge in [0.2, 0.25) is 5.91 Å². The van der Waals surface area contributed by atoms with E-state index in [4.69, 9.17) is 4.74 Å². The normalized spacial score (nSPS) is 11.2. The molecule has 0 saturated heterocycles. The molecule has 0 fully saturated rings. The molecule has 0 saturated carbocycles. The first-order valence-electron chi connectivity index (χ1n) is 8.36. The highest BCUT2D eigenvalue weighted by Crippen LogP contribution is 2.22. The number of ketones is 1. The molecule has 146 valence electrons. The van der Waals surface area contributed by atoms with Crippen molar-refractivity contribution in [1.29, 1.82) is 0 Å². The van der Waals surface area contributed by atoms with Crippen LogP contribution in [0.5, 0.6) is 5.75 Å². The lowest BCUT2D eigenvalue weighted by molar-refractivity contribution is -0.121. The van der Waals surface area contributed by atoms with Gasteiger partial charge in [-0.3, -0.25) is 15.0 Å². The standard InChI is InChI=1S/C18H22N2O5S2/c1-4-25-14-5-7-15(8-6-14)27(23,24)20-19-18(22)10-9-17(21)16-11-12(2)26-13(16)3/h5-8,11,20H,4,9-10H2,1-3H3,(H,19,22). The lowest BCUT2D eigenvalue weighted by Gasteiger charge is -2.09. The molecule has 27 heavy (non-hydrogen) atoms. The first-order valence-corrected chi connectivity index (χ1v) is 10.7. The molecule has 1 amide bonds. The van der Waals surface area contributed by atoms with Crippen LogP contribution in [0.3, 0.4) is 0 Å². The molecular weight excluding hydrogens is 388 g/mol. The van der Waals surface area contributed by atoms with Gasteiger partial charge in [-0.2, -0.15) is 0 Å². The Hall–Kier alpha value is -2.23. The van der Waals surface area contributed by atoms with Crippen LogP contribution in [0.15, 0.2) is 35.2 Å². The zero-order chi connectivity index (χ0) is 20.0. The second-order valence-corrected chi connectivity index (χ2v) is 8.95. The van der Waals surface area contributed by atoms with Gasteiger partial charge in [0.25, 0.3) is 10.0 Å². The predicted molar refractivity (Wildman–Crippen MR) is 103 cm³/mol. The largest absolute Gasteiger partial charge is 0.494 e. The summed E-state index contributed by atoms with van der Waals surface area (Å²) in [6.07, 6.45) is -0.105. The van der Waals surface area contributed by atoms with Gasteiger partial charge in [0.1, 0.15) is 5.75 Å². The summed E-state index contributed by atoms with van der Waals surface area (Å²) < 4.78 is 29.6. The van der Waals surface area contributed by atoms with Gasteiger partial charge in [0.05, 0.1) is 11.5 Å². The monoisotopic (exact) mass is 410 g/mol. The van der Waals surface area contributed by atoms with Gasteiger partial charge in [-0.1, -0.05) is 0 Å². The smallest absolute Gasteiger partial charge is 0.257 e. The quantitative estimate of drug-likeness (QED) is 0.489. The fourth-order valence-corrected chi connectivity index (χ4v) is 4.20. The van der Waals surface area contributed by atoms with Crippen molar-refractivity contribution in [3.05, 3.63) is 45.6 Å². The molecule has 0 aliphatic rings. The summed E-state index contributed by atoms with van der Waals surface area (Å²) in [5.74, 6) is -0.165. The number of benzene rings is 1. The van der Waals surface area contributed by atoms with Gasteiger partial charge in [0.15, 0.2) is 5.78 Å². The second-order valence-electron chi connectivity index (χ2n) is 5.81. The number of Topliss-reactive ketones (excluding diaryl/α,β-unsaturated/α-hetero) is 1. The van der Waals surface area contributed by atoms with Crippen molar-refractivity contribution in [3.63, 3.8) is 0 Å². The third kappa shape index (κ3) is 5.88. The van der Waals surface area contributed by atoms with Gasteiger partial charge in [0, 0.05) is 28.2 Å². The Labute approximate surface area is 162 Å². The minimum Gasteiger partial charge on any atom is -0.494 e. The zero-order valence-electron chi connectivity index (χ0n) is 15.4. The van der Waals surface area contributed by atoms with Gasteiger partial charge >= 0.3 is 0 Å². The highest BCUT2D eigenvalue weighted by Gasteiger charge is 2.17. The predicted octanol–water partition coefficient (Wildman–Crippen LogP) is 2.74. The Morgan fingerprint density at radius 1 is 1.11 bits per heavy atom. The number of thiophene rings is 1. The van der Waals surface area contributed by atoms with Crippen LogP contribution in [0, 0.1) is 13.8 Å². The van der Waals surface area contributed by atoms with E-state index in [-0.39, 0.29) is 23.5 Å². The number of carbonyl (C=O) groups excluding carboxylic acids is 2. The number of sulfonamides is 1.